The highest BCUT2D eigenvalue weighted by Crippen LogP contribution is 2.34. The van der Waals surface area contributed by atoms with Crippen molar-refractivity contribution in [2.75, 3.05) is 19.6 Å². The first-order valence-electron chi connectivity index (χ1n) is 7.82. The molecular weight excluding hydrogens is 268 g/mol. The second-order valence-corrected chi connectivity index (χ2v) is 7.07. The number of amides is 1. The van der Waals surface area contributed by atoms with Crippen LogP contribution in [0.5, 0.6) is 0 Å². The van der Waals surface area contributed by atoms with E-state index in [-0.39, 0.29) is 0 Å². The quantitative estimate of drug-likeness (QED) is 0.904. The fourth-order valence-electron chi connectivity index (χ4n) is 3.84. The minimum Gasteiger partial charge on any atom is -0.339 e. The maximum atomic E-state index is 12.5. The third-order valence-electron chi connectivity index (χ3n) is 4.85. The molecule has 1 N–H and O–H groups in total. The lowest BCUT2D eigenvalue weighted by Crippen LogP contribution is -2.39. The van der Waals surface area contributed by atoms with Crippen LogP contribution in [0.1, 0.15) is 31.1 Å². The Morgan fingerprint density at radius 2 is 2.40 bits per heavy atom. The zero-order chi connectivity index (χ0) is 13.9. The normalized spacial score (nSPS) is 28.9. The summed E-state index contributed by atoms with van der Waals surface area (Å²) in [6.07, 6.45) is 3.84. The third kappa shape index (κ3) is 2.77. The van der Waals surface area contributed by atoms with Crippen molar-refractivity contribution in [1.82, 2.24) is 10.2 Å². The fraction of sp³-hybridized carbons (Fsp3) is 0.688. The van der Waals surface area contributed by atoms with Crippen molar-refractivity contribution in [2.24, 2.45) is 11.8 Å². The molecule has 3 unspecified atom stereocenters. The van der Waals surface area contributed by atoms with E-state index in [0.29, 0.717) is 30.2 Å². The molecule has 2 aliphatic heterocycles. The second kappa shape index (κ2) is 6.27. The first-order chi connectivity index (χ1) is 9.79. The van der Waals surface area contributed by atoms with Crippen LogP contribution < -0.4 is 5.32 Å². The lowest BCUT2D eigenvalue weighted by molar-refractivity contribution is -0.132. The molecule has 3 heterocycles. The lowest BCUT2D eigenvalue weighted by Gasteiger charge is -2.27. The molecule has 1 amide bonds. The SMILES string of the molecule is CCC1C2CNCC2CN1C(=O)CCCc1cccs1. The highest BCUT2D eigenvalue weighted by Gasteiger charge is 2.44. The summed E-state index contributed by atoms with van der Waals surface area (Å²) in [6, 6.07) is 4.73. The Bertz CT molecular complexity index is 445. The van der Waals surface area contributed by atoms with Crippen LogP contribution in [0.3, 0.4) is 0 Å². The van der Waals surface area contributed by atoms with Gasteiger partial charge in [0.1, 0.15) is 0 Å². The van der Waals surface area contributed by atoms with E-state index in [1.54, 1.807) is 11.3 Å². The number of thiophene rings is 1. The Hall–Kier alpha value is -0.870. The van der Waals surface area contributed by atoms with Gasteiger partial charge in [-0.2, -0.15) is 0 Å². The summed E-state index contributed by atoms with van der Waals surface area (Å²) >= 11 is 1.79. The van der Waals surface area contributed by atoms with Gasteiger partial charge in [0.15, 0.2) is 0 Å². The van der Waals surface area contributed by atoms with E-state index in [1.165, 1.54) is 4.88 Å². The molecule has 110 valence electrons. The van der Waals surface area contributed by atoms with Crippen molar-refractivity contribution in [1.29, 1.82) is 0 Å². The van der Waals surface area contributed by atoms with Crippen LogP contribution in [0.25, 0.3) is 0 Å². The molecule has 0 bridgehead atoms. The predicted molar refractivity (Wildman–Crippen MR) is 82.9 cm³/mol. The molecule has 2 fully saturated rings. The van der Waals surface area contributed by atoms with E-state index in [2.05, 4.69) is 34.7 Å². The topological polar surface area (TPSA) is 32.3 Å². The number of carbonyl (C=O) groups is 1. The highest BCUT2D eigenvalue weighted by molar-refractivity contribution is 7.09. The van der Waals surface area contributed by atoms with Crippen LogP contribution in [0.2, 0.25) is 0 Å². The zero-order valence-electron chi connectivity index (χ0n) is 12.2. The van der Waals surface area contributed by atoms with E-state index in [1.807, 2.05) is 0 Å². The molecule has 0 aromatic carbocycles. The van der Waals surface area contributed by atoms with Gasteiger partial charge >= 0.3 is 0 Å². The first kappa shape index (κ1) is 14.1. The van der Waals surface area contributed by atoms with Crippen molar-refractivity contribution in [2.45, 2.75) is 38.6 Å². The fourth-order valence-corrected chi connectivity index (χ4v) is 4.60. The van der Waals surface area contributed by atoms with Gasteiger partial charge in [-0.25, -0.2) is 0 Å². The van der Waals surface area contributed by atoms with Gasteiger partial charge in [-0.05, 0) is 42.5 Å². The third-order valence-corrected chi connectivity index (χ3v) is 5.79. The number of hydrogen-bond donors (Lipinski definition) is 1. The number of nitrogens with zero attached hydrogens (tertiary/aromatic N) is 1. The van der Waals surface area contributed by atoms with Gasteiger partial charge < -0.3 is 10.2 Å². The number of likely N-dealkylation sites (tertiary alicyclic amines) is 1. The van der Waals surface area contributed by atoms with Crippen LogP contribution in [0, 0.1) is 11.8 Å². The second-order valence-electron chi connectivity index (χ2n) is 6.04. The van der Waals surface area contributed by atoms with E-state index < -0.39 is 0 Å². The number of carbonyl (C=O) groups excluding carboxylic acids is 1. The van der Waals surface area contributed by atoms with Gasteiger partial charge in [-0.3, -0.25) is 4.79 Å². The van der Waals surface area contributed by atoms with Crippen LogP contribution in [-0.2, 0) is 11.2 Å². The molecule has 0 radical (unpaired) electrons. The molecule has 4 heteroatoms. The molecular formula is C16H24N2OS. The Labute approximate surface area is 125 Å². The van der Waals surface area contributed by atoms with Crippen molar-refractivity contribution in [3.8, 4) is 0 Å². The molecule has 3 rings (SSSR count). The summed E-state index contributed by atoms with van der Waals surface area (Å²) < 4.78 is 0. The van der Waals surface area contributed by atoms with Crippen molar-refractivity contribution in [3.05, 3.63) is 22.4 Å². The number of nitrogens with one attached hydrogen (secondary N) is 1. The summed E-state index contributed by atoms with van der Waals surface area (Å²) in [7, 11) is 0. The van der Waals surface area contributed by atoms with Crippen LogP contribution in [-0.4, -0.2) is 36.5 Å². The largest absolute Gasteiger partial charge is 0.339 e. The molecule has 1 aromatic rings. The smallest absolute Gasteiger partial charge is 0.222 e. The molecule has 1 aromatic heterocycles. The minimum atomic E-state index is 0.378. The standard InChI is InChI=1S/C16H24N2OS/c1-2-15-14-10-17-9-12(14)11-18(15)16(19)7-3-5-13-6-4-8-20-13/h4,6,8,12,14-15,17H,2-3,5,7,9-11H2,1H3. The Morgan fingerprint density at radius 1 is 1.50 bits per heavy atom. The Kier molecular flexibility index (Phi) is 4.41. The van der Waals surface area contributed by atoms with Crippen molar-refractivity contribution < 1.29 is 4.79 Å². The number of fused-ring (bicyclic) bond motifs is 1. The van der Waals surface area contributed by atoms with Crippen LogP contribution in [0.4, 0.5) is 0 Å². The van der Waals surface area contributed by atoms with Crippen molar-refractivity contribution >= 4 is 17.2 Å². The maximum Gasteiger partial charge on any atom is 0.222 e. The van der Waals surface area contributed by atoms with Gasteiger partial charge in [-0.1, -0.05) is 13.0 Å². The van der Waals surface area contributed by atoms with Gasteiger partial charge in [0, 0.05) is 37.0 Å². The predicted octanol–water partition coefficient (Wildman–Crippen LogP) is 2.53. The molecule has 2 saturated heterocycles. The van der Waals surface area contributed by atoms with E-state index >= 15 is 0 Å². The van der Waals surface area contributed by atoms with E-state index in [4.69, 9.17) is 0 Å². The van der Waals surface area contributed by atoms with Crippen LogP contribution >= 0.6 is 11.3 Å². The highest BCUT2D eigenvalue weighted by atomic mass is 32.1. The average molecular weight is 292 g/mol. The van der Waals surface area contributed by atoms with Gasteiger partial charge in [0.2, 0.25) is 5.91 Å². The van der Waals surface area contributed by atoms with Crippen molar-refractivity contribution in [3.63, 3.8) is 0 Å². The Balaban J connectivity index is 1.51. The average Bonchev–Trinajstić information content (AvgIpc) is 3.14. The van der Waals surface area contributed by atoms with E-state index in [0.717, 1.165) is 38.9 Å². The van der Waals surface area contributed by atoms with Crippen LogP contribution in [0.15, 0.2) is 17.5 Å². The summed E-state index contributed by atoms with van der Waals surface area (Å²) in [5.74, 6) is 1.77. The molecule has 3 atom stereocenters. The lowest BCUT2D eigenvalue weighted by atomic mass is 9.93. The zero-order valence-corrected chi connectivity index (χ0v) is 13.0. The molecule has 20 heavy (non-hydrogen) atoms. The maximum absolute atomic E-state index is 12.5. The van der Waals surface area contributed by atoms with E-state index in [9.17, 15) is 4.79 Å². The molecule has 0 aliphatic carbocycles. The number of hydrogen-bond acceptors (Lipinski definition) is 3. The molecule has 0 saturated carbocycles. The minimum absolute atomic E-state index is 0.378. The number of aryl methyl sites for hydroxylation is 1. The summed E-state index contributed by atoms with van der Waals surface area (Å²) in [6.45, 7) is 5.40. The summed E-state index contributed by atoms with van der Waals surface area (Å²) in [5, 5.41) is 5.58. The Morgan fingerprint density at radius 3 is 3.15 bits per heavy atom. The molecule has 2 aliphatic rings. The van der Waals surface area contributed by atoms with Gasteiger partial charge in [0.05, 0.1) is 0 Å². The van der Waals surface area contributed by atoms with Gasteiger partial charge in [0.25, 0.3) is 0 Å². The number of rotatable bonds is 5. The summed E-state index contributed by atoms with van der Waals surface area (Å²) in [4.78, 5) is 16.1. The summed E-state index contributed by atoms with van der Waals surface area (Å²) in [5.41, 5.74) is 0. The monoisotopic (exact) mass is 292 g/mol. The van der Waals surface area contributed by atoms with Gasteiger partial charge in [-0.15, -0.1) is 11.3 Å². The molecule has 3 nitrogen and oxygen atoms in total. The first-order valence-corrected chi connectivity index (χ1v) is 8.70. The molecule has 0 spiro atoms.